The first-order valence-electron chi connectivity index (χ1n) is 3.79. The van der Waals surface area contributed by atoms with Gasteiger partial charge in [0.2, 0.25) is 0 Å². The number of carbonyl (C=O) groups is 1. The van der Waals surface area contributed by atoms with Crippen LogP contribution in [-0.2, 0) is 11.2 Å². The largest absolute Gasteiger partial charge is 0.480 e. The van der Waals surface area contributed by atoms with E-state index in [1.54, 1.807) is 6.07 Å². The first kappa shape index (κ1) is 11.4. The van der Waals surface area contributed by atoms with Crippen molar-refractivity contribution >= 4 is 33.5 Å². The third kappa shape index (κ3) is 2.94. The van der Waals surface area contributed by atoms with Crippen molar-refractivity contribution in [3.05, 3.63) is 27.5 Å². The summed E-state index contributed by atoms with van der Waals surface area (Å²) in [5, 5.41) is 8.93. The Balaban J connectivity index is 2.78. The van der Waals surface area contributed by atoms with Crippen molar-refractivity contribution in [2.45, 2.75) is 12.5 Å². The Bertz CT molecular complexity index is 359. The summed E-state index contributed by atoms with van der Waals surface area (Å²) in [6, 6.07) is 0.794. The maximum absolute atomic E-state index is 10.5. The van der Waals surface area contributed by atoms with Gasteiger partial charge in [0.05, 0.1) is 4.47 Å². The molecule has 1 aromatic rings. The molecule has 1 aromatic heterocycles. The zero-order chi connectivity index (χ0) is 10.7. The summed E-state index contributed by atoms with van der Waals surface area (Å²) in [6.07, 6.45) is 1.74. The Kier molecular flexibility index (Phi) is 3.86. The molecule has 0 fully saturated rings. The lowest BCUT2D eigenvalue weighted by Crippen LogP contribution is -2.32. The fraction of sp³-hybridized carbons (Fsp3) is 0.250. The highest BCUT2D eigenvalue weighted by atomic mass is 79.9. The smallest absolute Gasteiger partial charge is 0.320 e. The monoisotopic (exact) mass is 278 g/mol. The van der Waals surface area contributed by atoms with Crippen molar-refractivity contribution in [3.63, 3.8) is 0 Å². The van der Waals surface area contributed by atoms with E-state index in [9.17, 15) is 4.79 Å². The van der Waals surface area contributed by atoms with Crippen LogP contribution in [0.1, 0.15) is 5.56 Å². The van der Waals surface area contributed by atoms with Gasteiger partial charge in [0.25, 0.3) is 0 Å². The first-order valence-corrected chi connectivity index (χ1v) is 4.96. The fourth-order valence-corrected chi connectivity index (χ4v) is 1.41. The van der Waals surface area contributed by atoms with Gasteiger partial charge < -0.3 is 10.8 Å². The molecule has 76 valence electrons. The third-order valence-electron chi connectivity index (χ3n) is 1.63. The van der Waals surface area contributed by atoms with Crippen LogP contribution >= 0.6 is 27.5 Å². The van der Waals surface area contributed by atoms with Gasteiger partial charge in [0.15, 0.2) is 0 Å². The van der Waals surface area contributed by atoms with Crippen molar-refractivity contribution in [1.82, 2.24) is 4.98 Å². The number of carboxylic acids is 1. The van der Waals surface area contributed by atoms with Gasteiger partial charge in [-0.25, -0.2) is 4.98 Å². The molecule has 0 radical (unpaired) electrons. The SMILES string of the molecule is N[C@H](Cc1cnc(Cl)c(Br)c1)C(=O)O. The Morgan fingerprint density at radius 3 is 2.93 bits per heavy atom. The highest BCUT2D eigenvalue weighted by molar-refractivity contribution is 9.10. The highest BCUT2D eigenvalue weighted by Crippen LogP contribution is 2.20. The van der Waals surface area contributed by atoms with Gasteiger partial charge >= 0.3 is 5.97 Å². The molecule has 0 aromatic carbocycles. The summed E-state index contributed by atoms with van der Waals surface area (Å²) in [7, 11) is 0. The molecule has 3 N–H and O–H groups in total. The van der Waals surface area contributed by atoms with Crippen LogP contribution in [0, 0.1) is 0 Å². The number of hydrogen-bond acceptors (Lipinski definition) is 3. The van der Waals surface area contributed by atoms with Gasteiger partial charge in [-0.1, -0.05) is 11.6 Å². The molecule has 0 bridgehead atoms. The predicted molar refractivity (Wildman–Crippen MR) is 56.3 cm³/mol. The minimum absolute atomic E-state index is 0.234. The Morgan fingerprint density at radius 1 is 1.79 bits per heavy atom. The van der Waals surface area contributed by atoms with Crippen molar-refractivity contribution in [3.8, 4) is 0 Å². The van der Waals surface area contributed by atoms with E-state index in [4.69, 9.17) is 22.4 Å². The van der Waals surface area contributed by atoms with E-state index >= 15 is 0 Å². The van der Waals surface area contributed by atoms with Crippen LogP contribution in [0.5, 0.6) is 0 Å². The number of carboxylic acid groups (broad SMARTS) is 1. The molecule has 0 aliphatic rings. The number of nitrogens with two attached hydrogens (primary N) is 1. The van der Waals surface area contributed by atoms with E-state index in [0.717, 1.165) is 5.56 Å². The molecule has 0 saturated heterocycles. The van der Waals surface area contributed by atoms with E-state index in [1.165, 1.54) is 6.20 Å². The second kappa shape index (κ2) is 4.72. The lowest BCUT2D eigenvalue weighted by atomic mass is 10.1. The summed E-state index contributed by atoms with van der Waals surface area (Å²) >= 11 is 8.86. The summed E-state index contributed by atoms with van der Waals surface area (Å²) < 4.78 is 0.634. The first-order chi connectivity index (χ1) is 6.50. The number of halogens is 2. The molecular formula is C8H8BrClN2O2. The van der Waals surface area contributed by atoms with Crippen molar-refractivity contribution in [2.24, 2.45) is 5.73 Å². The Labute approximate surface area is 94.2 Å². The van der Waals surface area contributed by atoms with Crippen LogP contribution in [0.4, 0.5) is 0 Å². The Morgan fingerprint density at radius 2 is 2.43 bits per heavy atom. The predicted octanol–water partition coefficient (Wildman–Crippen LogP) is 1.45. The molecule has 0 spiro atoms. The summed E-state index contributed by atoms with van der Waals surface area (Å²) in [5.41, 5.74) is 6.09. The lowest BCUT2D eigenvalue weighted by Gasteiger charge is -2.06. The molecule has 0 aliphatic heterocycles. The summed E-state index contributed by atoms with van der Waals surface area (Å²) in [6.45, 7) is 0. The van der Waals surface area contributed by atoms with Gasteiger partial charge in [-0.15, -0.1) is 0 Å². The number of nitrogens with zero attached hydrogens (tertiary/aromatic N) is 1. The molecule has 1 atom stereocenters. The second-order valence-electron chi connectivity index (χ2n) is 2.77. The number of rotatable bonds is 3. The lowest BCUT2D eigenvalue weighted by molar-refractivity contribution is -0.138. The van der Waals surface area contributed by atoms with E-state index in [2.05, 4.69) is 20.9 Å². The average Bonchev–Trinajstić information content (AvgIpc) is 2.11. The number of aliphatic carboxylic acids is 1. The molecule has 6 heteroatoms. The maximum Gasteiger partial charge on any atom is 0.320 e. The van der Waals surface area contributed by atoms with Crippen molar-refractivity contribution in [1.29, 1.82) is 0 Å². The molecule has 1 rings (SSSR count). The fourth-order valence-electron chi connectivity index (χ4n) is 0.914. The van der Waals surface area contributed by atoms with Crippen molar-refractivity contribution < 1.29 is 9.90 Å². The van der Waals surface area contributed by atoms with Gasteiger partial charge in [0, 0.05) is 6.20 Å². The average molecular weight is 280 g/mol. The van der Waals surface area contributed by atoms with Crippen LogP contribution < -0.4 is 5.73 Å². The zero-order valence-corrected chi connectivity index (χ0v) is 9.42. The minimum atomic E-state index is -1.03. The van der Waals surface area contributed by atoms with Crippen LogP contribution in [-0.4, -0.2) is 22.1 Å². The van der Waals surface area contributed by atoms with E-state index in [1.807, 2.05) is 0 Å². The van der Waals surface area contributed by atoms with Crippen LogP contribution in [0.25, 0.3) is 0 Å². The summed E-state index contributed by atoms with van der Waals surface area (Å²) in [5.74, 6) is -1.03. The van der Waals surface area contributed by atoms with Gasteiger partial charge in [-0.3, -0.25) is 4.79 Å². The standard InChI is InChI=1S/C8H8BrClN2O2/c9-5-1-4(3-12-7(5)10)2-6(11)8(13)14/h1,3,6H,2,11H2,(H,13,14)/t6-/m1/s1. The minimum Gasteiger partial charge on any atom is -0.480 e. The van der Waals surface area contributed by atoms with Crippen LogP contribution in [0.2, 0.25) is 5.15 Å². The molecular weight excluding hydrogens is 271 g/mol. The van der Waals surface area contributed by atoms with Gasteiger partial charge in [-0.05, 0) is 34.0 Å². The van der Waals surface area contributed by atoms with Gasteiger partial charge in [-0.2, -0.15) is 0 Å². The molecule has 4 nitrogen and oxygen atoms in total. The number of aromatic nitrogens is 1. The van der Waals surface area contributed by atoms with Gasteiger partial charge in [0.1, 0.15) is 11.2 Å². The second-order valence-corrected chi connectivity index (χ2v) is 3.98. The summed E-state index contributed by atoms with van der Waals surface area (Å²) in [4.78, 5) is 14.3. The Hall–Kier alpha value is -0.650. The van der Waals surface area contributed by atoms with Crippen LogP contribution in [0.3, 0.4) is 0 Å². The maximum atomic E-state index is 10.5. The number of hydrogen-bond donors (Lipinski definition) is 2. The molecule has 0 saturated carbocycles. The van der Waals surface area contributed by atoms with Crippen molar-refractivity contribution in [2.75, 3.05) is 0 Å². The molecule has 1 heterocycles. The topological polar surface area (TPSA) is 76.2 Å². The molecule has 0 amide bonds. The van der Waals surface area contributed by atoms with E-state index in [0.29, 0.717) is 9.63 Å². The van der Waals surface area contributed by atoms with Crippen LogP contribution in [0.15, 0.2) is 16.7 Å². The quantitative estimate of drug-likeness (QED) is 0.821. The normalized spacial score (nSPS) is 12.5. The molecule has 0 unspecified atom stereocenters. The molecule has 0 aliphatic carbocycles. The molecule has 14 heavy (non-hydrogen) atoms. The third-order valence-corrected chi connectivity index (χ3v) is 2.76. The highest BCUT2D eigenvalue weighted by Gasteiger charge is 2.12. The van der Waals surface area contributed by atoms with E-state index < -0.39 is 12.0 Å². The van der Waals surface area contributed by atoms with E-state index in [-0.39, 0.29) is 6.42 Å². The zero-order valence-electron chi connectivity index (χ0n) is 7.08. The number of pyridine rings is 1.